The summed E-state index contributed by atoms with van der Waals surface area (Å²) in [4.78, 5) is 33.4. The molecule has 1 saturated carbocycles. The van der Waals surface area contributed by atoms with E-state index in [0.717, 1.165) is 58.4 Å². The summed E-state index contributed by atoms with van der Waals surface area (Å²) in [6.45, 7) is 9.02. The third-order valence-electron chi connectivity index (χ3n) is 6.94. The van der Waals surface area contributed by atoms with E-state index >= 15 is 0 Å². The molecule has 3 aliphatic rings. The number of rotatable bonds is 4. The van der Waals surface area contributed by atoms with Crippen molar-refractivity contribution in [3.63, 3.8) is 0 Å². The fourth-order valence-corrected chi connectivity index (χ4v) is 5.58. The molecule has 29 heavy (non-hydrogen) atoms. The summed E-state index contributed by atoms with van der Waals surface area (Å²) in [7, 11) is 0. The fourth-order valence-electron chi connectivity index (χ4n) is 5.58. The molecular weight excluding hydrogens is 362 g/mol. The average molecular weight is 398 g/mol. The standard InChI is InChI=1S/C24H35N3O2/c1-18(2)17-25-12-14-26(15-13-25)24(29)22-16-20-10-6-7-11-21(20)27(22)23(28)19-8-4-3-5-9-19/h3-5,8-9,18,20-22H,6-7,10-17H2,1-2H3. The van der Waals surface area contributed by atoms with Gasteiger partial charge in [0.15, 0.2) is 0 Å². The van der Waals surface area contributed by atoms with Gasteiger partial charge in [-0.05, 0) is 43.2 Å². The van der Waals surface area contributed by atoms with Crippen molar-refractivity contribution in [3.8, 4) is 0 Å². The van der Waals surface area contributed by atoms with Gasteiger partial charge in [-0.15, -0.1) is 0 Å². The predicted molar refractivity (Wildman–Crippen MR) is 115 cm³/mol. The number of carbonyl (C=O) groups excluding carboxylic acids is 2. The van der Waals surface area contributed by atoms with Gasteiger partial charge in [0.25, 0.3) is 5.91 Å². The number of nitrogens with zero attached hydrogens (tertiary/aromatic N) is 3. The van der Waals surface area contributed by atoms with Crippen molar-refractivity contribution in [3.05, 3.63) is 35.9 Å². The van der Waals surface area contributed by atoms with Crippen molar-refractivity contribution >= 4 is 11.8 Å². The van der Waals surface area contributed by atoms with Crippen LogP contribution in [-0.4, -0.2) is 71.3 Å². The molecular formula is C24H35N3O2. The van der Waals surface area contributed by atoms with Crippen LogP contribution < -0.4 is 0 Å². The number of carbonyl (C=O) groups is 2. The number of likely N-dealkylation sites (tertiary alicyclic amines) is 1. The maximum atomic E-state index is 13.5. The van der Waals surface area contributed by atoms with Crippen LogP contribution >= 0.6 is 0 Å². The Balaban J connectivity index is 1.50. The minimum absolute atomic E-state index is 0.0387. The van der Waals surface area contributed by atoms with Gasteiger partial charge in [-0.1, -0.05) is 44.9 Å². The molecule has 5 heteroatoms. The van der Waals surface area contributed by atoms with E-state index in [2.05, 4.69) is 18.7 Å². The Morgan fingerprint density at radius 1 is 1.00 bits per heavy atom. The van der Waals surface area contributed by atoms with Crippen LogP contribution in [0.25, 0.3) is 0 Å². The first-order valence-electron chi connectivity index (χ1n) is 11.4. The number of hydrogen-bond acceptors (Lipinski definition) is 3. The van der Waals surface area contributed by atoms with Gasteiger partial charge < -0.3 is 9.80 Å². The smallest absolute Gasteiger partial charge is 0.254 e. The third kappa shape index (κ3) is 4.35. The lowest BCUT2D eigenvalue weighted by Gasteiger charge is -2.39. The predicted octanol–water partition coefficient (Wildman–Crippen LogP) is 3.26. The molecule has 3 unspecified atom stereocenters. The minimum Gasteiger partial charge on any atom is -0.338 e. The lowest BCUT2D eigenvalue weighted by molar-refractivity contribution is -0.137. The van der Waals surface area contributed by atoms with E-state index in [4.69, 9.17) is 0 Å². The topological polar surface area (TPSA) is 43.9 Å². The lowest BCUT2D eigenvalue weighted by Crippen LogP contribution is -2.55. The van der Waals surface area contributed by atoms with Crippen LogP contribution in [0.5, 0.6) is 0 Å². The Bertz CT molecular complexity index is 712. The highest BCUT2D eigenvalue weighted by Gasteiger charge is 2.48. The van der Waals surface area contributed by atoms with Gasteiger partial charge in [0.05, 0.1) is 0 Å². The molecule has 3 fully saturated rings. The molecule has 0 N–H and O–H groups in total. The second-order valence-corrected chi connectivity index (χ2v) is 9.46. The van der Waals surface area contributed by atoms with E-state index in [9.17, 15) is 9.59 Å². The van der Waals surface area contributed by atoms with Crippen LogP contribution in [-0.2, 0) is 4.79 Å². The largest absolute Gasteiger partial charge is 0.338 e. The monoisotopic (exact) mass is 397 g/mol. The Hall–Kier alpha value is -1.88. The zero-order chi connectivity index (χ0) is 20.4. The number of amides is 2. The van der Waals surface area contributed by atoms with Crippen molar-refractivity contribution in [1.82, 2.24) is 14.7 Å². The van der Waals surface area contributed by atoms with Crippen LogP contribution in [0.4, 0.5) is 0 Å². The molecule has 1 aromatic rings. The zero-order valence-electron chi connectivity index (χ0n) is 17.9. The van der Waals surface area contributed by atoms with Gasteiger partial charge in [0, 0.05) is 44.3 Å². The summed E-state index contributed by atoms with van der Waals surface area (Å²) in [6, 6.07) is 9.46. The van der Waals surface area contributed by atoms with E-state index in [-0.39, 0.29) is 23.9 Å². The van der Waals surface area contributed by atoms with Gasteiger partial charge in [0.2, 0.25) is 5.91 Å². The van der Waals surface area contributed by atoms with E-state index in [0.29, 0.717) is 17.4 Å². The van der Waals surface area contributed by atoms with E-state index in [1.54, 1.807) is 0 Å². The van der Waals surface area contributed by atoms with Gasteiger partial charge in [-0.25, -0.2) is 0 Å². The maximum absolute atomic E-state index is 13.5. The lowest BCUT2D eigenvalue weighted by atomic mass is 9.84. The van der Waals surface area contributed by atoms with Crippen LogP contribution in [0.15, 0.2) is 30.3 Å². The fraction of sp³-hybridized carbons (Fsp3) is 0.667. The summed E-state index contributed by atoms with van der Waals surface area (Å²) < 4.78 is 0. The SMILES string of the molecule is CC(C)CN1CCN(C(=O)C2CC3CCCCC3N2C(=O)c2ccccc2)CC1. The molecule has 4 rings (SSSR count). The van der Waals surface area contributed by atoms with Gasteiger partial charge in [0.1, 0.15) is 6.04 Å². The first kappa shape index (κ1) is 20.4. The third-order valence-corrected chi connectivity index (χ3v) is 6.94. The average Bonchev–Trinajstić information content (AvgIpc) is 3.13. The molecule has 3 atom stereocenters. The normalized spacial score (nSPS) is 27.9. The van der Waals surface area contributed by atoms with Gasteiger partial charge in [-0.2, -0.15) is 0 Å². The van der Waals surface area contributed by atoms with Crippen LogP contribution in [0.3, 0.4) is 0 Å². The first-order valence-corrected chi connectivity index (χ1v) is 11.4. The summed E-state index contributed by atoms with van der Waals surface area (Å²) in [5.74, 6) is 1.34. The summed E-state index contributed by atoms with van der Waals surface area (Å²) >= 11 is 0. The van der Waals surface area contributed by atoms with E-state index in [1.807, 2.05) is 40.1 Å². The maximum Gasteiger partial charge on any atom is 0.254 e. The number of piperazine rings is 1. The Morgan fingerprint density at radius 3 is 2.38 bits per heavy atom. The molecule has 1 aromatic carbocycles. The Labute approximate surface area is 175 Å². The highest BCUT2D eigenvalue weighted by atomic mass is 16.2. The molecule has 2 aliphatic heterocycles. The molecule has 5 nitrogen and oxygen atoms in total. The summed E-state index contributed by atoms with van der Waals surface area (Å²) in [5.41, 5.74) is 0.707. The molecule has 0 bridgehead atoms. The van der Waals surface area contributed by atoms with Crippen molar-refractivity contribution in [2.24, 2.45) is 11.8 Å². The quantitative estimate of drug-likeness (QED) is 0.783. The number of fused-ring (bicyclic) bond motifs is 1. The summed E-state index contributed by atoms with van der Waals surface area (Å²) in [5, 5.41) is 0. The highest BCUT2D eigenvalue weighted by Crippen LogP contribution is 2.41. The Morgan fingerprint density at radius 2 is 1.69 bits per heavy atom. The second kappa shape index (κ2) is 8.86. The van der Waals surface area contributed by atoms with Crippen molar-refractivity contribution in [1.29, 1.82) is 0 Å². The van der Waals surface area contributed by atoms with Crippen molar-refractivity contribution in [2.75, 3.05) is 32.7 Å². The second-order valence-electron chi connectivity index (χ2n) is 9.46. The van der Waals surface area contributed by atoms with E-state index in [1.165, 1.54) is 6.42 Å². The number of benzene rings is 1. The summed E-state index contributed by atoms with van der Waals surface area (Å²) in [6.07, 6.45) is 5.41. The van der Waals surface area contributed by atoms with Gasteiger partial charge in [-0.3, -0.25) is 14.5 Å². The van der Waals surface area contributed by atoms with Crippen molar-refractivity contribution in [2.45, 2.75) is 58.0 Å². The molecule has 2 heterocycles. The minimum atomic E-state index is -0.285. The van der Waals surface area contributed by atoms with Crippen molar-refractivity contribution < 1.29 is 9.59 Å². The molecule has 0 spiro atoms. The van der Waals surface area contributed by atoms with Gasteiger partial charge >= 0.3 is 0 Å². The van der Waals surface area contributed by atoms with Crippen LogP contribution in [0.1, 0.15) is 56.3 Å². The molecule has 158 valence electrons. The number of hydrogen-bond donors (Lipinski definition) is 0. The Kier molecular flexibility index (Phi) is 6.23. The molecule has 2 saturated heterocycles. The zero-order valence-corrected chi connectivity index (χ0v) is 17.9. The molecule has 1 aliphatic carbocycles. The highest BCUT2D eigenvalue weighted by molar-refractivity contribution is 5.98. The van der Waals surface area contributed by atoms with Crippen LogP contribution in [0, 0.1) is 11.8 Å². The first-order chi connectivity index (χ1) is 14.0. The molecule has 0 radical (unpaired) electrons. The van der Waals surface area contributed by atoms with Crippen LogP contribution in [0.2, 0.25) is 0 Å². The van der Waals surface area contributed by atoms with E-state index < -0.39 is 0 Å². The molecule has 2 amide bonds. The molecule has 0 aromatic heterocycles.